The molecule has 0 radical (unpaired) electrons. The molecule has 1 heterocycles. The van der Waals surface area contributed by atoms with Crippen molar-refractivity contribution < 1.29 is 4.74 Å². The van der Waals surface area contributed by atoms with Gasteiger partial charge in [-0.15, -0.1) is 0 Å². The fourth-order valence-corrected chi connectivity index (χ4v) is 3.28. The van der Waals surface area contributed by atoms with E-state index in [0.717, 1.165) is 41.8 Å². The molecule has 2 aromatic carbocycles. The molecule has 3 nitrogen and oxygen atoms in total. The first-order chi connectivity index (χ1) is 10.8. The summed E-state index contributed by atoms with van der Waals surface area (Å²) in [7, 11) is 1.94. The van der Waals surface area contributed by atoms with Crippen LogP contribution in [0.5, 0.6) is 5.75 Å². The van der Waals surface area contributed by atoms with Crippen molar-refractivity contribution >= 4 is 0 Å². The van der Waals surface area contributed by atoms with E-state index in [4.69, 9.17) is 4.74 Å². The molecule has 0 bridgehead atoms. The zero-order valence-electron chi connectivity index (χ0n) is 12.8. The van der Waals surface area contributed by atoms with Crippen LogP contribution in [0.1, 0.15) is 29.5 Å². The molecule has 2 aromatic rings. The van der Waals surface area contributed by atoms with Crippen LogP contribution in [0.15, 0.2) is 48.5 Å². The van der Waals surface area contributed by atoms with Gasteiger partial charge in [0.2, 0.25) is 0 Å². The predicted molar refractivity (Wildman–Crippen MR) is 86.8 cm³/mol. The fraction of sp³-hybridized carbons (Fsp3) is 0.316. The molecule has 0 saturated heterocycles. The van der Waals surface area contributed by atoms with E-state index in [9.17, 15) is 5.26 Å². The molecule has 1 atom stereocenters. The Morgan fingerprint density at radius 3 is 2.64 bits per heavy atom. The Morgan fingerprint density at radius 2 is 1.86 bits per heavy atom. The second-order valence-corrected chi connectivity index (χ2v) is 5.67. The molecule has 0 aliphatic carbocycles. The number of para-hydroxylation sites is 1. The van der Waals surface area contributed by atoms with Crippen molar-refractivity contribution in [2.45, 2.75) is 24.9 Å². The maximum Gasteiger partial charge on any atom is 0.124 e. The highest BCUT2D eigenvalue weighted by Gasteiger charge is 2.39. The monoisotopic (exact) mass is 292 g/mol. The molecule has 1 unspecified atom stereocenters. The molecule has 1 aliphatic rings. The maximum absolute atomic E-state index is 10.1. The SMILES string of the molecule is CNCCCC1(C#N)c2ccccc2COc2ccccc21. The summed E-state index contributed by atoms with van der Waals surface area (Å²) in [5, 5.41) is 13.3. The number of fused-ring (bicyclic) bond motifs is 2. The number of benzene rings is 2. The van der Waals surface area contributed by atoms with Gasteiger partial charge in [0.1, 0.15) is 17.8 Å². The van der Waals surface area contributed by atoms with Crippen LogP contribution in [0.25, 0.3) is 0 Å². The fourth-order valence-electron chi connectivity index (χ4n) is 3.28. The van der Waals surface area contributed by atoms with Crippen molar-refractivity contribution in [1.29, 1.82) is 5.26 Å². The Labute approximate surface area is 131 Å². The molecule has 1 aliphatic heterocycles. The Balaban J connectivity index is 2.18. The van der Waals surface area contributed by atoms with Crippen LogP contribution in [-0.4, -0.2) is 13.6 Å². The standard InChI is InChI=1S/C19H20N2O/c1-21-12-6-11-19(14-20)16-8-3-2-7-15(16)13-22-18-10-5-4-9-17(18)19/h2-5,7-10,21H,6,11-13H2,1H3. The van der Waals surface area contributed by atoms with Crippen molar-refractivity contribution in [3.8, 4) is 11.8 Å². The average molecular weight is 292 g/mol. The number of hydrogen-bond acceptors (Lipinski definition) is 3. The molecule has 22 heavy (non-hydrogen) atoms. The predicted octanol–water partition coefficient (Wildman–Crippen LogP) is 3.39. The summed E-state index contributed by atoms with van der Waals surface area (Å²) in [6, 6.07) is 18.7. The average Bonchev–Trinajstić information content (AvgIpc) is 2.71. The second-order valence-electron chi connectivity index (χ2n) is 5.67. The highest BCUT2D eigenvalue weighted by Crippen LogP contribution is 2.44. The first-order valence-corrected chi connectivity index (χ1v) is 7.68. The summed E-state index contributed by atoms with van der Waals surface area (Å²) in [4.78, 5) is 0. The van der Waals surface area contributed by atoms with E-state index >= 15 is 0 Å². The van der Waals surface area contributed by atoms with E-state index in [1.165, 1.54) is 0 Å². The quantitative estimate of drug-likeness (QED) is 0.879. The van der Waals surface area contributed by atoms with E-state index in [0.29, 0.717) is 6.61 Å². The van der Waals surface area contributed by atoms with E-state index in [-0.39, 0.29) is 0 Å². The van der Waals surface area contributed by atoms with Gasteiger partial charge in [0.15, 0.2) is 0 Å². The largest absolute Gasteiger partial charge is 0.489 e. The van der Waals surface area contributed by atoms with E-state index in [1.54, 1.807) is 0 Å². The van der Waals surface area contributed by atoms with Crippen LogP contribution in [0, 0.1) is 11.3 Å². The highest BCUT2D eigenvalue weighted by atomic mass is 16.5. The van der Waals surface area contributed by atoms with Gasteiger partial charge in [-0.3, -0.25) is 0 Å². The lowest BCUT2D eigenvalue weighted by atomic mass is 9.71. The molecule has 112 valence electrons. The van der Waals surface area contributed by atoms with Gasteiger partial charge in [-0.2, -0.15) is 5.26 Å². The number of nitrogens with one attached hydrogen (secondary N) is 1. The van der Waals surface area contributed by atoms with Gasteiger partial charge in [0, 0.05) is 5.56 Å². The number of nitrogens with zero attached hydrogens (tertiary/aromatic N) is 1. The van der Waals surface area contributed by atoms with E-state index in [2.05, 4.69) is 23.5 Å². The minimum Gasteiger partial charge on any atom is -0.489 e. The lowest BCUT2D eigenvalue weighted by Gasteiger charge is -2.28. The smallest absolute Gasteiger partial charge is 0.124 e. The van der Waals surface area contributed by atoms with Gasteiger partial charge in [0.05, 0.1) is 6.07 Å². The Morgan fingerprint density at radius 1 is 1.14 bits per heavy atom. The van der Waals surface area contributed by atoms with Crippen molar-refractivity contribution in [3.63, 3.8) is 0 Å². The number of rotatable bonds is 4. The normalized spacial score (nSPS) is 19.3. The molecular formula is C19H20N2O. The first-order valence-electron chi connectivity index (χ1n) is 7.68. The lowest BCUT2D eigenvalue weighted by Crippen LogP contribution is -2.27. The molecular weight excluding hydrogens is 272 g/mol. The van der Waals surface area contributed by atoms with Crippen LogP contribution in [0.4, 0.5) is 0 Å². The molecule has 0 amide bonds. The van der Waals surface area contributed by atoms with Crippen molar-refractivity contribution in [1.82, 2.24) is 5.32 Å². The van der Waals surface area contributed by atoms with Crippen LogP contribution in [0.2, 0.25) is 0 Å². The van der Waals surface area contributed by atoms with Gasteiger partial charge < -0.3 is 10.1 Å². The van der Waals surface area contributed by atoms with Crippen molar-refractivity contribution in [3.05, 3.63) is 65.2 Å². The second kappa shape index (κ2) is 6.21. The summed E-state index contributed by atoms with van der Waals surface area (Å²) in [5.41, 5.74) is 2.53. The third kappa shape index (κ3) is 2.36. The summed E-state index contributed by atoms with van der Waals surface area (Å²) >= 11 is 0. The molecule has 3 rings (SSSR count). The van der Waals surface area contributed by atoms with E-state index in [1.807, 2.05) is 43.4 Å². The minimum atomic E-state index is -0.638. The Hall–Kier alpha value is -2.31. The van der Waals surface area contributed by atoms with Crippen LogP contribution >= 0.6 is 0 Å². The summed E-state index contributed by atoms with van der Waals surface area (Å²) in [5.74, 6) is 0.824. The summed E-state index contributed by atoms with van der Waals surface area (Å²) in [6.07, 6.45) is 1.72. The Kier molecular flexibility index (Phi) is 4.13. The number of ether oxygens (including phenoxy) is 1. The van der Waals surface area contributed by atoms with Crippen molar-refractivity contribution in [2.75, 3.05) is 13.6 Å². The van der Waals surface area contributed by atoms with Crippen molar-refractivity contribution in [2.24, 2.45) is 0 Å². The Bertz CT molecular complexity index is 655. The van der Waals surface area contributed by atoms with E-state index < -0.39 is 5.41 Å². The third-order valence-electron chi connectivity index (χ3n) is 4.38. The summed E-state index contributed by atoms with van der Waals surface area (Å²) < 4.78 is 5.97. The van der Waals surface area contributed by atoms with Gasteiger partial charge in [-0.05, 0) is 43.6 Å². The minimum absolute atomic E-state index is 0.517. The number of hydrogen-bond donors (Lipinski definition) is 1. The topological polar surface area (TPSA) is 45.0 Å². The maximum atomic E-state index is 10.1. The van der Waals surface area contributed by atoms with Gasteiger partial charge in [-0.25, -0.2) is 0 Å². The third-order valence-corrected chi connectivity index (χ3v) is 4.38. The van der Waals surface area contributed by atoms with Gasteiger partial charge in [0.25, 0.3) is 0 Å². The zero-order valence-corrected chi connectivity index (χ0v) is 12.8. The molecule has 1 N–H and O–H groups in total. The molecule has 0 fully saturated rings. The highest BCUT2D eigenvalue weighted by molar-refractivity contribution is 5.55. The lowest BCUT2D eigenvalue weighted by molar-refractivity contribution is 0.306. The number of nitriles is 1. The summed E-state index contributed by atoms with van der Waals surface area (Å²) in [6.45, 7) is 1.41. The van der Waals surface area contributed by atoms with Crippen LogP contribution < -0.4 is 10.1 Å². The first kappa shape index (κ1) is 14.6. The molecule has 0 saturated carbocycles. The molecule has 0 spiro atoms. The van der Waals surface area contributed by atoms with Gasteiger partial charge >= 0.3 is 0 Å². The zero-order chi connectivity index (χ0) is 15.4. The molecule has 3 heteroatoms. The van der Waals surface area contributed by atoms with Gasteiger partial charge in [-0.1, -0.05) is 42.5 Å². The molecule has 0 aromatic heterocycles. The van der Waals surface area contributed by atoms with Crippen LogP contribution in [-0.2, 0) is 12.0 Å². The van der Waals surface area contributed by atoms with Crippen LogP contribution in [0.3, 0.4) is 0 Å².